The molecule has 0 aromatic heterocycles. The van der Waals surface area contributed by atoms with Gasteiger partial charge in [-0.2, -0.15) is 0 Å². The first-order valence-electron chi connectivity index (χ1n) is 17.2. The standard InChI is InChI=1S/C21H30O.C13H16.C4H10.C3H8.CH4.H2O.H2/c1-16(17-10-6-5-7-11-17)19-13-9-8-12-18(19)14-15-20(22)21(2,3)4;1-2-3-6-11-7-4-8-12-9-5-10-13(11)12;1-3-4-2;1-3-2;;;/h8-9,12-13,17H,1,5-7,10-11,14-15H2,2-4H3;4-5,7-8,10H,2-3,6,9H2,1H3;3-4H2,1-2H3;3H2,1-2H3;1H4;1H2;1H. The summed E-state index contributed by atoms with van der Waals surface area (Å²) >= 11 is 0. The number of Topliss-reactive ketones (excluding diaryl/α,β-unsaturated/α-hetero) is 1. The lowest BCUT2D eigenvalue weighted by molar-refractivity contribution is -0.126. The van der Waals surface area contributed by atoms with E-state index in [0.29, 0.717) is 18.1 Å². The zero-order valence-electron chi connectivity index (χ0n) is 29.3. The van der Waals surface area contributed by atoms with Crippen molar-refractivity contribution in [1.29, 1.82) is 0 Å². The highest BCUT2D eigenvalue weighted by molar-refractivity contribution is 5.84. The highest BCUT2D eigenvalue weighted by Crippen LogP contribution is 2.36. The van der Waals surface area contributed by atoms with E-state index in [1.807, 2.05) is 20.8 Å². The van der Waals surface area contributed by atoms with Gasteiger partial charge < -0.3 is 5.48 Å². The fraction of sp³-hybridized carbons (Fsp3) is 0.595. The topological polar surface area (TPSA) is 48.6 Å². The summed E-state index contributed by atoms with van der Waals surface area (Å²) in [7, 11) is 0. The summed E-state index contributed by atoms with van der Waals surface area (Å²) in [6, 6.07) is 15.2. The Labute approximate surface area is 275 Å². The SMILES string of the molecule is C.C=C(c1ccccc1CCC(=O)C(C)(C)C)C1CCCCC1.CCC.CCCC.CCCCc1cccc2c1C=CC2.O.[HH]. The van der Waals surface area contributed by atoms with Gasteiger partial charge in [0.25, 0.3) is 0 Å². The van der Waals surface area contributed by atoms with Crippen LogP contribution in [-0.4, -0.2) is 11.3 Å². The number of carbonyl (C=O) groups is 1. The van der Waals surface area contributed by atoms with Gasteiger partial charge in [-0.1, -0.05) is 169 Å². The summed E-state index contributed by atoms with van der Waals surface area (Å²) in [6.45, 7) is 21.3. The summed E-state index contributed by atoms with van der Waals surface area (Å²) < 4.78 is 0. The molecule has 2 aromatic carbocycles. The van der Waals surface area contributed by atoms with Crippen LogP contribution in [-0.2, 0) is 24.1 Å². The Balaban J connectivity index is -0.000000654. The molecule has 1 saturated carbocycles. The molecule has 2 N–H and O–H groups in total. The van der Waals surface area contributed by atoms with E-state index in [-0.39, 0.29) is 19.7 Å². The third kappa shape index (κ3) is 16.0. The molecule has 2 aliphatic rings. The highest BCUT2D eigenvalue weighted by Gasteiger charge is 2.22. The van der Waals surface area contributed by atoms with Crippen LogP contribution in [0.15, 0.2) is 55.1 Å². The molecule has 0 aliphatic heterocycles. The Morgan fingerprint density at radius 3 is 2.00 bits per heavy atom. The fourth-order valence-corrected chi connectivity index (χ4v) is 5.29. The molecule has 1 fully saturated rings. The van der Waals surface area contributed by atoms with Crippen LogP contribution >= 0.6 is 0 Å². The molecule has 2 nitrogen and oxygen atoms in total. The normalized spacial score (nSPS) is 13.3. The molecule has 44 heavy (non-hydrogen) atoms. The van der Waals surface area contributed by atoms with Gasteiger partial charge in [0.1, 0.15) is 5.78 Å². The number of rotatable bonds is 9. The lowest BCUT2D eigenvalue weighted by Crippen LogP contribution is -2.20. The van der Waals surface area contributed by atoms with E-state index in [1.165, 1.54) is 104 Å². The van der Waals surface area contributed by atoms with Crippen LogP contribution < -0.4 is 0 Å². The minimum atomic E-state index is -0.241. The average Bonchev–Trinajstić information content (AvgIpc) is 3.49. The number of allylic oxidation sites excluding steroid dienone is 2. The molecule has 0 amide bonds. The Morgan fingerprint density at radius 1 is 0.841 bits per heavy atom. The number of hydrogen-bond donors (Lipinski definition) is 0. The minimum absolute atomic E-state index is 0. The molecule has 0 spiro atoms. The van der Waals surface area contributed by atoms with Gasteiger partial charge in [0, 0.05) is 13.3 Å². The van der Waals surface area contributed by atoms with Crippen molar-refractivity contribution < 1.29 is 11.7 Å². The van der Waals surface area contributed by atoms with Crippen molar-refractivity contribution in [2.45, 2.75) is 153 Å². The first-order chi connectivity index (χ1) is 20.1. The van der Waals surface area contributed by atoms with Crippen LogP contribution in [0.5, 0.6) is 0 Å². The first kappa shape index (κ1) is 43.7. The van der Waals surface area contributed by atoms with Crippen LogP contribution in [0.4, 0.5) is 0 Å². The van der Waals surface area contributed by atoms with Crippen molar-refractivity contribution in [2.75, 3.05) is 0 Å². The van der Waals surface area contributed by atoms with Crippen molar-refractivity contribution in [1.82, 2.24) is 0 Å². The molecule has 0 bridgehead atoms. The van der Waals surface area contributed by atoms with Crippen molar-refractivity contribution in [3.05, 3.63) is 82.9 Å². The van der Waals surface area contributed by atoms with Crippen molar-refractivity contribution in [2.24, 2.45) is 11.3 Å². The Bertz CT molecular complexity index is 1070. The molecule has 0 saturated heterocycles. The van der Waals surface area contributed by atoms with Gasteiger partial charge in [0.15, 0.2) is 0 Å². The summed E-state index contributed by atoms with van der Waals surface area (Å²) in [4.78, 5) is 12.2. The predicted octanol–water partition coefficient (Wildman–Crippen LogP) is 12.7. The van der Waals surface area contributed by atoms with Gasteiger partial charge in [0.2, 0.25) is 0 Å². The molecule has 252 valence electrons. The monoisotopic (exact) mass is 609 g/mol. The van der Waals surface area contributed by atoms with E-state index in [2.05, 4.69) is 95.8 Å². The maximum absolute atomic E-state index is 12.2. The largest absolute Gasteiger partial charge is 0.412 e. The van der Waals surface area contributed by atoms with Crippen molar-refractivity contribution in [3.63, 3.8) is 0 Å². The molecular weight excluding hydrogens is 536 g/mol. The number of unbranched alkanes of at least 4 members (excludes halogenated alkanes) is 2. The van der Waals surface area contributed by atoms with Gasteiger partial charge in [-0.3, -0.25) is 4.79 Å². The number of aryl methyl sites for hydroxylation is 2. The van der Waals surface area contributed by atoms with Crippen LogP contribution in [0.3, 0.4) is 0 Å². The van der Waals surface area contributed by atoms with E-state index in [0.717, 1.165) is 12.8 Å². The quantitative estimate of drug-likeness (QED) is 0.279. The summed E-state index contributed by atoms with van der Waals surface area (Å²) in [6.07, 6.45) is 21.4. The maximum atomic E-state index is 12.2. The average molecular weight is 609 g/mol. The van der Waals surface area contributed by atoms with Gasteiger partial charge in [-0.25, -0.2) is 0 Å². The molecule has 0 radical (unpaired) electrons. The van der Waals surface area contributed by atoms with Gasteiger partial charge >= 0.3 is 0 Å². The Morgan fingerprint density at radius 2 is 1.43 bits per heavy atom. The second-order valence-electron chi connectivity index (χ2n) is 13.1. The van der Waals surface area contributed by atoms with E-state index in [9.17, 15) is 4.79 Å². The zero-order valence-corrected chi connectivity index (χ0v) is 29.3. The third-order valence-corrected chi connectivity index (χ3v) is 8.13. The number of hydrogen-bond acceptors (Lipinski definition) is 1. The van der Waals surface area contributed by atoms with Crippen LogP contribution in [0.25, 0.3) is 11.6 Å². The molecular formula is C42H72O2. The Hall–Kier alpha value is -2.45. The molecule has 0 unspecified atom stereocenters. The van der Waals surface area contributed by atoms with Crippen LogP contribution in [0.1, 0.15) is 163 Å². The van der Waals surface area contributed by atoms with Gasteiger partial charge in [0.05, 0.1) is 0 Å². The minimum Gasteiger partial charge on any atom is -0.412 e. The van der Waals surface area contributed by atoms with E-state index >= 15 is 0 Å². The predicted molar refractivity (Wildman–Crippen MR) is 202 cm³/mol. The zero-order chi connectivity index (χ0) is 31.4. The van der Waals surface area contributed by atoms with Crippen molar-refractivity contribution in [3.8, 4) is 0 Å². The van der Waals surface area contributed by atoms with Crippen molar-refractivity contribution >= 4 is 17.4 Å². The molecule has 2 aliphatic carbocycles. The number of carbonyl (C=O) groups excluding carboxylic acids is 1. The van der Waals surface area contributed by atoms with E-state index in [4.69, 9.17) is 0 Å². The van der Waals surface area contributed by atoms with Gasteiger partial charge in [-0.05, 0) is 77.8 Å². The van der Waals surface area contributed by atoms with Gasteiger partial charge in [-0.15, -0.1) is 0 Å². The second kappa shape index (κ2) is 24.8. The third-order valence-electron chi connectivity index (χ3n) is 8.13. The van der Waals surface area contributed by atoms with E-state index in [1.54, 1.807) is 0 Å². The fourth-order valence-electron chi connectivity index (χ4n) is 5.29. The Kier molecular flexibility index (Phi) is 24.6. The maximum Gasteiger partial charge on any atom is 0.138 e. The smallest absolute Gasteiger partial charge is 0.138 e. The summed E-state index contributed by atoms with van der Waals surface area (Å²) in [5, 5.41) is 0. The van der Waals surface area contributed by atoms with Crippen LogP contribution in [0.2, 0.25) is 0 Å². The van der Waals surface area contributed by atoms with E-state index < -0.39 is 0 Å². The second-order valence-corrected chi connectivity index (χ2v) is 13.1. The first-order valence-corrected chi connectivity index (χ1v) is 17.2. The summed E-state index contributed by atoms with van der Waals surface area (Å²) in [5.41, 5.74) is 8.16. The highest BCUT2D eigenvalue weighted by atomic mass is 16.1. The molecule has 2 aromatic rings. The summed E-state index contributed by atoms with van der Waals surface area (Å²) in [5.74, 6) is 0.971. The number of ketones is 1. The molecule has 4 rings (SSSR count). The van der Waals surface area contributed by atoms with Crippen LogP contribution in [0, 0.1) is 11.3 Å². The molecule has 0 atom stereocenters. The number of fused-ring (bicyclic) bond motifs is 1. The lowest BCUT2D eigenvalue weighted by atomic mass is 9.79. The molecule has 0 heterocycles. The lowest BCUT2D eigenvalue weighted by Gasteiger charge is -2.25. The molecule has 2 heteroatoms. The number of benzene rings is 2.